The Morgan fingerprint density at radius 3 is 2.82 bits per heavy atom. The third kappa shape index (κ3) is 2.42. The summed E-state index contributed by atoms with van der Waals surface area (Å²) in [4.78, 5) is 0. The highest BCUT2D eigenvalue weighted by Crippen LogP contribution is 2.31. The molecular weight excluding hydrogens is 236 g/mol. The van der Waals surface area contributed by atoms with Gasteiger partial charge in [0.05, 0.1) is 10.6 Å². The molecule has 1 aromatic carbocycles. The van der Waals surface area contributed by atoms with Gasteiger partial charge in [-0.2, -0.15) is 0 Å². The van der Waals surface area contributed by atoms with E-state index in [-0.39, 0.29) is 0 Å². The van der Waals surface area contributed by atoms with Gasteiger partial charge >= 0.3 is 0 Å². The quantitative estimate of drug-likeness (QED) is 0.853. The van der Waals surface area contributed by atoms with E-state index >= 15 is 0 Å². The zero-order valence-corrected chi connectivity index (χ0v) is 10.6. The van der Waals surface area contributed by atoms with E-state index in [0.29, 0.717) is 16.6 Å². The lowest BCUT2D eigenvalue weighted by atomic mass is 10.1. The monoisotopic (exact) mass is 250 g/mol. The van der Waals surface area contributed by atoms with E-state index in [1.165, 1.54) is 0 Å². The Morgan fingerprint density at radius 1 is 1.41 bits per heavy atom. The minimum Gasteiger partial charge on any atom is -0.398 e. The van der Waals surface area contributed by atoms with Crippen LogP contribution in [0.25, 0.3) is 11.4 Å². The van der Waals surface area contributed by atoms with Crippen LogP contribution in [0.15, 0.2) is 24.5 Å². The van der Waals surface area contributed by atoms with Crippen molar-refractivity contribution in [2.75, 3.05) is 5.73 Å². The Labute approximate surface area is 105 Å². The Bertz CT molecular complexity index is 499. The number of hydrogen-bond acceptors (Lipinski definition) is 3. The highest BCUT2D eigenvalue weighted by molar-refractivity contribution is 6.33. The van der Waals surface area contributed by atoms with Crippen molar-refractivity contribution in [3.63, 3.8) is 0 Å². The number of nitrogens with zero attached hydrogens (tertiary/aromatic N) is 3. The molecule has 2 rings (SSSR count). The molecule has 0 aliphatic rings. The molecule has 0 saturated heterocycles. The number of rotatable bonds is 3. The fourth-order valence-corrected chi connectivity index (χ4v) is 2.02. The van der Waals surface area contributed by atoms with Crippen molar-refractivity contribution in [2.45, 2.75) is 20.4 Å². The molecule has 17 heavy (non-hydrogen) atoms. The Kier molecular flexibility index (Phi) is 3.33. The van der Waals surface area contributed by atoms with E-state index in [1.54, 1.807) is 6.33 Å². The molecule has 0 bridgehead atoms. The van der Waals surface area contributed by atoms with Crippen LogP contribution in [-0.4, -0.2) is 14.8 Å². The van der Waals surface area contributed by atoms with Crippen LogP contribution in [0.4, 0.5) is 5.69 Å². The van der Waals surface area contributed by atoms with Gasteiger partial charge in [-0.05, 0) is 18.1 Å². The number of nitrogen functional groups attached to an aromatic ring is 1. The Morgan fingerprint density at radius 2 is 2.18 bits per heavy atom. The molecule has 0 fully saturated rings. The number of hydrogen-bond donors (Lipinski definition) is 1. The third-order valence-electron chi connectivity index (χ3n) is 2.45. The molecule has 0 saturated carbocycles. The fourth-order valence-electron chi connectivity index (χ4n) is 1.75. The number of nitrogens with two attached hydrogens (primary N) is 1. The van der Waals surface area contributed by atoms with E-state index in [2.05, 4.69) is 24.0 Å². The number of aromatic nitrogens is 3. The van der Waals surface area contributed by atoms with Gasteiger partial charge < -0.3 is 10.3 Å². The maximum Gasteiger partial charge on any atom is 0.167 e. The summed E-state index contributed by atoms with van der Waals surface area (Å²) in [6, 6.07) is 5.45. The molecule has 5 heteroatoms. The van der Waals surface area contributed by atoms with Gasteiger partial charge in [0.2, 0.25) is 0 Å². The van der Waals surface area contributed by atoms with Crippen LogP contribution in [0, 0.1) is 5.92 Å². The second-order valence-electron chi connectivity index (χ2n) is 4.40. The minimum absolute atomic E-state index is 0.508. The van der Waals surface area contributed by atoms with Crippen LogP contribution in [0.5, 0.6) is 0 Å². The lowest BCUT2D eigenvalue weighted by molar-refractivity contribution is 0.525. The first-order chi connectivity index (χ1) is 8.09. The van der Waals surface area contributed by atoms with E-state index in [9.17, 15) is 0 Å². The van der Waals surface area contributed by atoms with Crippen LogP contribution < -0.4 is 5.73 Å². The van der Waals surface area contributed by atoms with E-state index < -0.39 is 0 Å². The molecule has 0 radical (unpaired) electrons. The van der Waals surface area contributed by atoms with E-state index in [1.807, 2.05) is 22.8 Å². The van der Waals surface area contributed by atoms with Gasteiger partial charge in [-0.15, -0.1) is 10.2 Å². The average molecular weight is 251 g/mol. The van der Waals surface area contributed by atoms with Gasteiger partial charge in [-0.25, -0.2) is 0 Å². The zero-order chi connectivity index (χ0) is 12.4. The summed E-state index contributed by atoms with van der Waals surface area (Å²) in [6.07, 6.45) is 1.71. The normalized spacial score (nSPS) is 11.1. The van der Waals surface area contributed by atoms with Crippen LogP contribution in [-0.2, 0) is 6.54 Å². The molecule has 4 nitrogen and oxygen atoms in total. The van der Waals surface area contributed by atoms with Crippen molar-refractivity contribution in [3.05, 3.63) is 29.5 Å². The topological polar surface area (TPSA) is 56.7 Å². The van der Waals surface area contributed by atoms with Gasteiger partial charge in [-0.3, -0.25) is 0 Å². The SMILES string of the molecule is CC(C)Cn1cnnc1-c1c(N)cccc1Cl. The van der Waals surface area contributed by atoms with Crippen molar-refractivity contribution < 1.29 is 0 Å². The molecule has 2 aromatic rings. The predicted molar refractivity (Wildman–Crippen MR) is 69.7 cm³/mol. The smallest absolute Gasteiger partial charge is 0.167 e. The van der Waals surface area contributed by atoms with Crippen LogP contribution in [0.3, 0.4) is 0 Å². The van der Waals surface area contributed by atoms with Crippen molar-refractivity contribution in [3.8, 4) is 11.4 Å². The highest BCUT2D eigenvalue weighted by Gasteiger charge is 2.14. The van der Waals surface area contributed by atoms with Crippen molar-refractivity contribution in [1.82, 2.24) is 14.8 Å². The van der Waals surface area contributed by atoms with E-state index in [4.69, 9.17) is 17.3 Å². The molecule has 0 aliphatic heterocycles. The molecule has 1 heterocycles. The fraction of sp³-hybridized carbons (Fsp3) is 0.333. The molecule has 0 unspecified atom stereocenters. The van der Waals surface area contributed by atoms with Gasteiger partial charge in [0.1, 0.15) is 6.33 Å². The summed E-state index contributed by atoms with van der Waals surface area (Å²) in [5.74, 6) is 1.23. The van der Waals surface area contributed by atoms with Crippen molar-refractivity contribution >= 4 is 17.3 Å². The molecule has 0 amide bonds. The first kappa shape index (κ1) is 11.9. The maximum absolute atomic E-state index is 6.17. The summed E-state index contributed by atoms with van der Waals surface area (Å²) in [5.41, 5.74) is 7.32. The summed E-state index contributed by atoms with van der Waals surface area (Å²) in [6.45, 7) is 5.12. The highest BCUT2D eigenvalue weighted by atomic mass is 35.5. The summed E-state index contributed by atoms with van der Waals surface area (Å²) < 4.78 is 1.97. The Hall–Kier alpha value is -1.55. The zero-order valence-electron chi connectivity index (χ0n) is 9.89. The maximum atomic E-state index is 6.17. The minimum atomic E-state index is 0.508. The number of halogens is 1. The second kappa shape index (κ2) is 4.75. The van der Waals surface area contributed by atoms with Crippen LogP contribution in [0.2, 0.25) is 5.02 Å². The third-order valence-corrected chi connectivity index (χ3v) is 2.76. The van der Waals surface area contributed by atoms with Gasteiger partial charge in [0.15, 0.2) is 5.82 Å². The first-order valence-corrected chi connectivity index (χ1v) is 5.89. The molecule has 2 N–H and O–H groups in total. The van der Waals surface area contributed by atoms with E-state index in [0.717, 1.165) is 17.9 Å². The predicted octanol–water partition coefficient (Wildman–Crippen LogP) is 2.84. The summed E-state index contributed by atoms with van der Waals surface area (Å²) in [5, 5.41) is 8.64. The summed E-state index contributed by atoms with van der Waals surface area (Å²) >= 11 is 6.17. The lowest BCUT2D eigenvalue weighted by Gasteiger charge is -2.11. The lowest BCUT2D eigenvalue weighted by Crippen LogP contribution is -2.06. The molecule has 1 aromatic heterocycles. The second-order valence-corrected chi connectivity index (χ2v) is 4.81. The molecular formula is C12H15ClN4. The average Bonchev–Trinajstić information content (AvgIpc) is 2.65. The van der Waals surface area contributed by atoms with Gasteiger partial charge in [0.25, 0.3) is 0 Å². The van der Waals surface area contributed by atoms with Gasteiger partial charge in [0, 0.05) is 12.2 Å². The van der Waals surface area contributed by atoms with Crippen LogP contribution in [0.1, 0.15) is 13.8 Å². The van der Waals surface area contributed by atoms with Crippen LogP contribution >= 0.6 is 11.6 Å². The standard InChI is InChI=1S/C12H15ClN4/c1-8(2)6-17-7-15-16-12(17)11-9(13)4-3-5-10(11)14/h3-5,7-8H,6,14H2,1-2H3. The largest absolute Gasteiger partial charge is 0.398 e. The Balaban J connectivity index is 2.50. The molecule has 0 atom stereocenters. The van der Waals surface area contributed by atoms with Gasteiger partial charge in [-0.1, -0.05) is 31.5 Å². The number of benzene rings is 1. The molecule has 0 spiro atoms. The van der Waals surface area contributed by atoms with Crippen molar-refractivity contribution in [2.24, 2.45) is 5.92 Å². The first-order valence-electron chi connectivity index (χ1n) is 5.51. The summed E-state index contributed by atoms with van der Waals surface area (Å²) in [7, 11) is 0. The molecule has 0 aliphatic carbocycles. The van der Waals surface area contributed by atoms with Crippen molar-refractivity contribution in [1.29, 1.82) is 0 Å². The number of anilines is 1. The molecule has 90 valence electrons.